The lowest BCUT2D eigenvalue weighted by Crippen LogP contribution is -2.46. The van der Waals surface area contributed by atoms with Gasteiger partial charge < -0.3 is 15.7 Å². The van der Waals surface area contributed by atoms with Crippen LogP contribution < -0.4 is 10.6 Å². The molecular formula is C11H20N2O4S. The fourth-order valence-electron chi connectivity index (χ4n) is 2.07. The van der Waals surface area contributed by atoms with Crippen LogP contribution in [0.3, 0.4) is 0 Å². The monoisotopic (exact) mass is 276 g/mol. The molecular weight excluding hydrogens is 256 g/mol. The standard InChI is InChI=1S/C11H20N2O4S/c1-2-18(17)7-6-12-11(16)13-9-5-3-4-8(9)10(14)15/h8-9H,2-7H2,1H3,(H,14,15)(H2,12,13,16). The van der Waals surface area contributed by atoms with E-state index < -0.39 is 22.7 Å². The third-order valence-electron chi connectivity index (χ3n) is 3.09. The van der Waals surface area contributed by atoms with Gasteiger partial charge in [0.1, 0.15) is 0 Å². The smallest absolute Gasteiger partial charge is 0.315 e. The minimum absolute atomic E-state index is 0.292. The van der Waals surface area contributed by atoms with Gasteiger partial charge in [-0.1, -0.05) is 13.3 Å². The second kappa shape index (κ2) is 7.35. The second-order valence-electron chi connectivity index (χ2n) is 4.31. The average molecular weight is 276 g/mol. The van der Waals surface area contributed by atoms with Gasteiger partial charge in [0, 0.05) is 34.9 Å². The van der Waals surface area contributed by atoms with Crippen LogP contribution in [0.25, 0.3) is 0 Å². The number of amides is 2. The lowest BCUT2D eigenvalue weighted by molar-refractivity contribution is -0.142. The summed E-state index contributed by atoms with van der Waals surface area (Å²) in [5, 5.41) is 14.2. The van der Waals surface area contributed by atoms with Crippen molar-refractivity contribution >= 4 is 22.8 Å². The number of hydrogen-bond acceptors (Lipinski definition) is 3. The Kier molecular flexibility index (Phi) is 6.11. The fraction of sp³-hybridized carbons (Fsp3) is 0.818. The molecule has 3 unspecified atom stereocenters. The van der Waals surface area contributed by atoms with Crippen molar-refractivity contribution < 1.29 is 18.9 Å². The van der Waals surface area contributed by atoms with Gasteiger partial charge in [0.2, 0.25) is 0 Å². The van der Waals surface area contributed by atoms with Gasteiger partial charge in [-0.25, -0.2) is 4.79 Å². The van der Waals surface area contributed by atoms with Gasteiger partial charge in [-0.3, -0.25) is 9.00 Å². The molecule has 2 amide bonds. The zero-order valence-corrected chi connectivity index (χ0v) is 11.3. The summed E-state index contributed by atoms with van der Waals surface area (Å²) in [6.07, 6.45) is 2.13. The number of carbonyl (C=O) groups excluding carboxylic acids is 1. The minimum atomic E-state index is -0.898. The molecule has 0 aromatic heterocycles. The van der Waals surface area contributed by atoms with E-state index in [0.29, 0.717) is 30.9 Å². The van der Waals surface area contributed by atoms with Crippen molar-refractivity contribution in [1.82, 2.24) is 10.6 Å². The van der Waals surface area contributed by atoms with Crippen LogP contribution in [0.15, 0.2) is 0 Å². The maximum Gasteiger partial charge on any atom is 0.315 e. The molecule has 6 nitrogen and oxygen atoms in total. The number of aliphatic carboxylic acids is 1. The molecule has 7 heteroatoms. The molecule has 0 saturated heterocycles. The normalized spacial score (nSPS) is 24.5. The Hall–Kier alpha value is -1.11. The van der Waals surface area contributed by atoms with Gasteiger partial charge >= 0.3 is 12.0 Å². The van der Waals surface area contributed by atoms with E-state index in [1.165, 1.54) is 0 Å². The molecule has 1 fully saturated rings. The van der Waals surface area contributed by atoms with E-state index >= 15 is 0 Å². The minimum Gasteiger partial charge on any atom is -0.481 e. The number of carboxylic acid groups (broad SMARTS) is 1. The SMILES string of the molecule is CCS(=O)CCNC(=O)NC1CCCC1C(=O)O. The van der Waals surface area contributed by atoms with E-state index in [2.05, 4.69) is 10.6 Å². The highest BCUT2D eigenvalue weighted by Gasteiger charge is 2.33. The summed E-state index contributed by atoms with van der Waals surface area (Å²) in [6, 6.07) is -0.666. The molecule has 3 N–H and O–H groups in total. The Balaban J connectivity index is 2.27. The van der Waals surface area contributed by atoms with Gasteiger partial charge in [-0.2, -0.15) is 0 Å². The maximum atomic E-state index is 11.5. The number of hydrogen-bond donors (Lipinski definition) is 3. The summed E-state index contributed by atoms with van der Waals surface area (Å²) in [4.78, 5) is 22.4. The van der Waals surface area contributed by atoms with Crippen LogP contribution in [-0.2, 0) is 15.6 Å². The van der Waals surface area contributed by atoms with Crippen molar-refractivity contribution in [1.29, 1.82) is 0 Å². The van der Waals surface area contributed by atoms with E-state index in [0.717, 1.165) is 6.42 Å². The number of rotatable bonds is 6. The first-order valence-electron chi connectivity index (χ1n) is 6.16. The molecule has 0 spiro atoms. The summed E-state index contributed by atoms with van der Waals surface area (Å²) < 4.78 is 11.1. The molecule has 0 aromatic rings. The Morgan fingerprint density at radius 1 is 1.39 bits per heavy atom. The van der Waals surface area contributed by atoms with E-state index in [1.54, 1.807) is 0 Å². The molecule has 1 aliphatic rings. The van der Waals surface area contributed by atoms with Gasteiger partial charge in [0.25, 0.3) is 0 Å². The summed E-state index contributed by atoms with van der Waals surface area (Å²) in [6.45, 7) is 2.17. The van der Waals surface area contributed by atoms with Crippen LogP contribution in [0, 0.1) is 5.92 Å². The Morgan fingerprint density at radius 3 is 2.72 bits per heavy atom. The Bertz CT molecular complexity index is 335. The first-order chi connectivity index (χ1) is 8.54. The summed E-state index contributed by atoms with van der Waals surface area (Å²) in [5.74, 6) is -0.338. The second-order valence-corrected chi connectivity index (χ2v) is 6.18. The fourth-order valence-corrected chi connectivity index (χ4v) is 2.69. The molecule has 0 radical (unpaired) electrons. The van der Waals surface area contributed by atoms with Crippen LogP contribution >= 0.6 is 0 Å². The first-order valence-corrected chi connectivity index (χ1v) is 7.65. The van der Waals surface area contributed by atoms with Gasteiger partial charge in [-0.05, 0) is 12.8 Å². The van der Waals surface area contributed by atoms with E-state index in [1.807, 2.05) is 6.92 Å². The molecule has 1 saturated carbocycles. The molecule has 104 valence electrons. The number of carboxylic acids is 1. The van der Waals surface area contributed by atoms with Gasteiger partial charge in [-0.15, -0.1) is 0 Å². The van der Waals surface area contributed by atoms with Gasteiger partial charge in [0.15, 0.2) is 0 Å². The van der Waals surface area contributed by atoms with Crippen LogP contribution in [0.1, 0.15) is 26.2 Å². The topological polar surface area (TPSA) is 95.5 Å². The molecule has 0 bridgehead atoms. The largest absolute Gasteiger partial charge is 0.481 e. The van der Waals surface area contributed by atoms with Crippen LogP contribution in [0.4, 0.5) is 4.79 Å². The zero-order chi connectivity index (χ0) is 13.5. The quantitative estimate of drug-likeness (QED) is 0.650. The number of nitrogens with one attached hydrogen (secondary N) is 2. The van der Waals surface area contributed by atoms with Crippen molar-refractivity contribution in [3.8, 4) is 0 Å². The molecule has 18 heavy (non-hydrogen) atoms. The summed E-state index contributed by atoms with van der Waals surface area (Å²) in [5.41, 5.74) is 0. The molecule has 1 rings (SSSR count). The van der Waals surface area contributed by atoms with Crippen molar-refractivity contribution in [3.63, 3.8) is 0 Å². The molecule has 0 aromatic carbocycles. The summed E-state index contributed by atoms with van der Waals surface area (Å²) >= 11 is 0. The Morgan fingerprint density at radius 2 is 2.11 bits per heavy atom. The lowest BCUT2D eigenvalue weighted by atomic mass is 10.0. The van der Waals surface area contributed by atoms with Crippen molar-refractivity contribution in [2.75, 3.05) is 18.1 Å². The molecule has 0 heterocycles. The maximum absolute atomic E-state index is 11.5. The van der Waals surface area contributed by atoms with Crippen LogP contribution in [-0.4, -0.2) is 45.4 Å². The predicted octanol–water partition coefficient (Wildman–Crippen LogP) is 0.308. The van der Waals surface area contributed by atoms with E-state index in [4.69, 9.17) is 5.11 Å². The van der Waals surface area contributed by atoms with Crippen molar-refractivity contribution in [3.05, 3.63) is 0 Å². The lowest BCUT2D eigenvalue weighted by Gasteiger charge is -2.17. The van der Waals surface area contributed by atoms with Crippen molar-refractivity contribution in [2.45, 2.75) is 32.2 Å². The predicted molar refractivity (Wildman–Crippen MR) is 68.8 cm³/mol. The summed E-state index contributed by atoms with van der Waals surface area (Å²) in [7, 11) is -0.898. The average Bonchev–Trinajstić information content (AvgIpc) is 2.76. The highest BCUT2D eigenvalue weighted by atomic mass is 32.2. The first kappa shape index (κ1) is 14.9. The van der Waals surface area contributed by atoms with E-state index in [9.17, 15) is 13.8 Å². The Labute approximate surface area is 109 Å². The molecule has 0 aliphatic heterocycles. The third kappa shape index (κ3) is 4.64. The van der Waals surface area contributed by atoms with Crippen LogP contribution in [0.2, 0.25) is 0 Å². The van der Waals surface area contributed by atoms with Gasteiger partial charge in [0.05, 0.1) is 5.92 Å². The molecule has 3 atom stereocenters. The highest BCUT2D eigenvalue weighted by Crippen LogP contribution is 2.25. The van der Waals surface area contributed by atoms with E-state index in [-0.39, 0.29) is 12.1 Å². The highest BCUT2D eigenvalue weighted by molar-refractivity contribution is 7.84. The number of carbonyl (C=O) groups is 2. The zero-order valence-electron chi connectivity index (χ0n) is 10.5. The number of urea groups is 1. The third-order valence-corrected chi connectivity index (χ3v) is 4.39. The van der Waals surface area contributed by atoms with Crippen molar-refractivity contribution in [2.24, 2.45) is 5.92 Å². The van der Waals surface area contributed by atoms with Crippen LogP contribution in [0.5, 0.6) is 0 Å². The molecule has 1 aliphatic carbocycles.